The Morgan fingerprint density at radius 1 is 1.10 bits per heavy atom. The van der Waals surface area contributed by atoms with E-state index >= 15 is 0 Å². The lowest BCUT2D eigenvalue weighted by Crippen LogP contribution is -2.44. The van der Waals surface area contributed by atoms with E-state index in [1.54, 1.807) is 0 Å². The molecule has 1 saturated heterocycles. The van der Waals surface area contributed by atoms with Gasteiger partial charge in [0.1, 0.15) is 5.54 Å². The smallest absolute Gasteiger partial charge is 0.323 e. The Labute approximate surface area is 119 Å². The van der Waals surface area contributed by atoms with Gasteiger partial charge < -0.3 is 5.32 Å². The highest BCUT2D eigenvalue weighted by molar-refractivity contribution is 6.07. The summed E-state index contributed by atoms with van der Waals surface area (Å²) in [6.07, 6.45) is 3.59. The van der Waals surface area contributed by atoms with Crippen molar-refractivity contribution in [1.29, 1.82) is 0 Å². The lowest BCUT2D eigenvalue weighted by Gasteiger charge is -2.20. The molecular weight excluding hydrogens is 252 g/mol. The Morgan fingerprint density at radius 2 is 1.70 bits per heavy atom. The summed E-state index contributed by atoms with van der Waals surface area (Å²) in [6, 6.07) is 5.92. The van der Waals surface area contributed by atoms with Gasteiger partial charge in [0.15, 0.2) is 0 Å². The standard InChI is InChI=1S/C16H20N2O2/c1-11-7-12(2)9-13(8-11)10-18-14(19)16(17-15(18)20)5-3-4-6-16/h7-9H,3-6,10H2,1-2H3,(H,17,20). The van der Waals surface area contributed by atoms with Crippen molar-refractivity contribution in [3.05, 3.63) is 34.9 Å². The van der Waals surface area contributed by atoms with Gasteiger partial charge >= 0.3 is 6.03 Å². The molecule has 0 atom stereocenters. The minimum atomic E-state index is -0.601. The van der Waals surface area contributed by atoms with Crippen molar-refractivity contribution in [2.75, 3.05) is 0 Å². The van der Waals surface area contributed by atoms with E-state index in [-0.39, 0.29) is 11.9 Å². The average Bonchev–Trinajstić information content (AvgIpc) is 2.90. The van der Waals surface area contributed by atoms with Crippen molar-refractivity contribution >= 4 is 11.9 Å². The molecule has 0 radical (unpaired) electrons. The van der Waals surface area contributed by atoms with Crippen LogP contribution >= 0.6 is 0 Å². The lowest BCUT2D eigenvalue weighted by molar-refractivity contribution is -0.131. The SMILES string of the molecule is Cc1cc(C)cc(CN2C(=O)NC3(CCCC3)C2=O)c1. The summed E-state index contributed by atoms with van der Waals surface area (Å²) < 4.78 is 0. The second-order valence-corrected chi connectivity index (χ2v) is 6.11. The van der Waals surface area contributed by atoms with E-state index in [9.17, 15) is 9.59 Å². The summed E-state index contributed by atoms with van der Waals surface area (Å²) in [5, 5.41) is 2.92. The number of carbonyl (C=O) groups is 2. The molecule has 106 valence electrons. The first-order valence-corrected chi connectivity index (χ1v) is 7.21. The summed E-state index contributed by atoms with van der Waals surface area (Å²) in [7, 11) is 0. The predicted molar refractivity (Wildman–Crippen MR) is 76.2 cm³/mol. The van der Waals surface area contributed by atoms with E-state index in [1.807, 2.05) is 26.0 Å². The van der Waals surface area contributed by atoms with Gasteiger partial charge in [-0.2, -0.15) is 0 Å². The van der Waals surface area contributed by atoms with Gasteiger partial charge in [0.2, 0.25) is 0 Å². The van der Waals surface area contributed by atoms with Crippen LogP contribution in [0.15, 0.2) is 18.2 Å². The number of hydrogen-bond donors (Lipinski definition) is 1. The van der Waals surface area contributed by atoms with Gasteiger partial charge in [0, 0.05) is 0 Å². The van der Waals surface area contributed by atoms with Gasteiger partial charge in [0.05, 0.1) is 6.54 Å². The first-order valence-electron chi connectivity index (χ1n) is 7.21. The molecule has 1 aliphatic heterocycles. The molecule has 0 unspecified atom stereocenters. The number of rotatable bonds is 2. The van der Waals surface area contributed by atoms with Gasteiger partial charge in [-0.3, -0.25) is 9.69 Å². The molecule has 1 saturated carbocycles. The highest BCUT2D eigenvalue weighted by Gasteiger charge is 2.52. The number of nitrogens with one attached hydrogen (secondary N) is 1. The van der Waals surface area contributed by atoms with Gasteiger partial charge in [-0.05, 0) is 32.3 Å². The lowest BCUT2D eigenvalue weighted by atomic mass is 9.98. The molecule has 2 aliphatic rings. The normalized spacial score (nSPS) is 20.8. The van der Waals surface area contributed by atoms with Gasteiger partial charge in [0.25, 0.3) is 5.91 Å². The third kappa shape index (κ3) is 2.09. The molecule has 3 rings (SSSR count). The predicted octanol–water partition coefficient (Wildman–Crippen LogP) is 2.67. The maximum absolute atomic E-state index is 12.6. The van der Waals surface area contributed by atoms with Crippen molar-refractivity contribution in [1.82, 2.24) is 10.2 Å². The molecule has 1 spiro atoms. The highest BCUT2D eigenvalue weighted by atomic mass is 16.2. The van der Waals surface area contributed by atoms with Crippen LogP contribution in [0.2, 0.25) is 0 Å². The summed E-state index contributed by atoms with van der Waals surface area (Å²) in [6.45, 7) is 4.43. The summed E-state index contributed by atoms with van der Waals surface area (Å²) >= 11 is 0. The van der Waals surface area contributed by atoms with Crippen molar-refractivity contribution < 1.29 is 9.59 Å². The second-order valence-electron chi connectivity index (χ2n) is 6.11. The summed E-state index contributed by atoms with van der Waals surface area (Å²) in [5.74, 6) is -0.0424. The molecule has 0 aromatic heterocycles. The fraction of sp³-hybridized carbons (Fsp3) is 0.500. The average molecular weight is 272 g/mol. The summed E-state index contributed by atoms with van der Waals surface area (Å²) in [4.78, 5) is 26.0. The van der Waals surface area contributed by atoms with Crippen LogP contribution in [0.25, 0.3) is 0 Å². The Hall–Kier alpha value is -1.84. The van der Waals surface area contributed by atoms with Gasteiger partial charge in [-0.1, -0.05) is 42.2 Å². The molecule has 1 heterocycles. The number of benzene rings is 1. The Balaban J connectivity index is 1.84. The summed E-state index contributed by atoms with van der Waals surface area (Å²) in [5.41, 5.74) is 2.72. The van der Waals surface area contributed by atoms with E-state index in [1.165, 1.54) is 4.90 Å². The van der Waals surface area contributed by atoms with Crippen molar-refractivity contribution in [3.8, 4) is 0 Å². The molecule has 4 nitrogen and oxygen atoms in total. The zero-order chi connectivity index (χ0) is 14.3. The fourth-order valence-corrected chi connectivity index (χ4v) is 3.48. The first kappa shape index (κ1) is 13.2. The van der Waals surface area contributed by atoms with Crippen LogP contribution in [0.4, 0.5) is 4.79 Å². The van der Waals surface area contributed by atoms with Crippen LogP contribution in [0.3, 0.4) is 0 Å². The van der Waals surface area contributed by atoms with Crippen LogP contribution in [0.1, 0.15) is 42.4 Å². The van der Waals surface area contributed by atoms with E-state index in [2.05, 4.69) is 11.4 Å². The molecule has 1 aliphatic carbocycles. The third-order valence-electron chi connectivity index (χ3n) is 4.33. The number of hydrogen-bond acceptors (Lipinski definition) is 2. The molecule has 1 aromatic carbocycles. The molecule has 2 fully saturated rings. The number of urea groups is 1. The maximum Gasteiger partial charge on any atom is 0.325 e. The minimum absolute atomic E-state index is 0.0424. The van der Waals surface area contributed by atoms with Crippen molar-refractivity contribution in [3.63, 3.8) is 0 Å². The molecule has 1 aromatic rings. The number of amides is 3. The van der Waals surface area contributed by atoms with E-state index in [0.717, 1.165) is 42.4 Å². The Kier molecular flexibility index (Phi) is 3.04. The zero-order valence-corrected chi connectivity index (χ0v) is 12.0. The van der Waals surface area contributed by atoms with Crippen LogP contribution in [-0.4, -0.2) is 22.4 Å². The van der Waals surface area contributed by atoms with E-state index < -0.39 is 5.54 Å². The number of aryl methyl sites for hydroxylation is 2. The quantitative estimate of drug-likeness (QED) is 0.841. The Bertz CT molecular complexity index is 554. The van der Waals surface area contributed by atoms with Crippen LogP contribution < -0.4 is 5.32 Å². The monoisotopic (exact) mass is 272 g/mol. The van der Waals surface area contributed by atoms with Crippen molar-refractivity contribution in [2.45, 2.75) is 51.6 Å². The largest absolute Gasteiger partial charge is 0.325 e. The second kappa shape index (κ2) is 4.62. The fourth-order valence-electron chi connectivity index (χ4n) is 3.48. The van der Waals surface area contributed by atoms with Crippen LogP contribution in [0.5, 0.6) is 0 Å². The van der Waals surface area contributed by atoms with Gasteiger partial charge in [-0.15, -0.1) is 0 Å². The molecule has 0 bridgehead atoms. The van der Waals surface area contributed by atoms with Crippen LogP contribution in [0, 0.1) is 13.8 Å². The van der Waals surface area contributed by atoms with Crippen LogP contribution in [-0.2, 0) is 11.3 Å². The topological polar surface area (TPSA) is 49.4 Å². The number of imide groups is 1. The first-order chi connectivity index (χ1) is 9.50. The number of carbonyl (C=O) groups excluding carboxylic acids is 2. The van der Waals surface area contributed by atoms with Gasteiger partial charge in [-0.25, -0.2) is 4.79 Å². The van der Waals surface area contributed by atoms with E-state index in [0.29, 0.717) is 6.54 Å². The molecular formula is C16H20N2O2. The minimum Gasteiger partial charge on any atom is -0.323 e. The maximum atomic E-state index is 12.6. The Morgan fingerprint density at radius 3 is 2.30 bits per heavy atom. The molecule has 3 amide bonds. The zero-order valence-electron chi connectivity index (χ0n) is 12.0. The highest BCUT2D eigenvalue weighted by Crippen LogP contribution is 2.35. The number of nitrogens with zero attached hydrogens (tertiary/aromatic N) is 1. The molecule has 20 heavy (non-hydrogen) atoms. The molecule has 4 heteroatoms. The van der Waals surface area contributed by atoms with Crippen molar-refractivity contribution in [2.24, 2.45) is 0 Å². The molecule has 1 N–H and O–H groups in total. The van der Waals surface area contributed by atoms with E-state index in [4.69, 9.17) is 0 Å². The third-order valence-corrected chi connectivity index (χ3v) is 4.33.